The lowest BCUT2D eigenvalue weighted by Crippen LogP contribution is -2.40. The molecule has 76 valence electrons. The van der Waals surface area contributed by atoms with Gasteiger partial charge in [0.25, 0.3) is 0 Å². The van der Waals surface area contributed by atoms with E-state index in [2.05, 4.69) is 5.32 Å². The smallest absolute Gasteiger partial charge is 0.322 e. The second-order valence-electron chi connectivity index (χ2n) is 3.67. The van der Waals surface area contributed by atoms with E-state index in [9.17, 15) is 4.79 Å². The van der Waals surface area contributed by atoms with Crippen molar-refractivity contribution < 1.29 is 9.53 Å². The predicted molar refractivity (Wildman–Crippen MR) is 51.4 cm³/mol. The molecule has 3 heteroatoms. The molecule has 0 bridgehead atoms. The first kappa shape index (κ1) is 10.5. The Bertz CT molecular complexity index is 166. The lowest BCUT2D eigenvalue weighted by molar-refractivity contribution is -0.143. The summed E-state index contributed by atoms with van der Waals surface area (Å²) < 4.78 is 4.73. The van der Waals surface area contributed by atoms with Crippen LogP contribution in [0.4, 0.5) is 0 Å². The summed E-state index contributed by atoms with van der Waals surface area (Å²) in [5.41, 5.74) is 0. The monoisotopic (exact) mass is 185 g/mol. The molecule has 0 spiro atoms. The lowest BCUT2D eigenvalue weighted by atomic mass is 9.81. The fourth-order valence-electron chi connectivity index (χ4n) is 1.71. The van der Waals surface area contributed by atoms with E-state index in [0.717, 1.165) is 18.9 Å². The number of likely N-dealkylation sites (N-methyl/N-ethyl adjacent to an activating group) is 1. The standard InChI is InChI=1S/C10H19NO2/c1-3-11-9(10(12)13-2)7-8-5-4-6-8/h8-9,11H,3-7H2,1-2H3. The molecule has 1 atom stereocenters. The first-order valence-corrected chi connectivity index (χ1v) is 5.09. The topological polar surface area (TPSA) is 38.3 Å². The molecule has 1 saturated carbocycles. The third-order valence-corrected chi connectivity index (χ3v) is 2.73. The van der Waals surface area contributed by atoms with Gasteiger partial charge in [-0.3, -0.25) is 4.79 Å². The Morgan fingerprint density at radius 3 is 2.69 bits per heavy atom. The van der Waals surface area contributed by atoms with Crippen molar-refractivity contribution in [3.05, 3.63) is 0 Å². The summed E-state index contributed by atoms with van der Waals surface area (Å²) in [4.78, 5) is 11.3. The van der Waals surface area contributed by atoms with Crippen molar-refractivity contribution in [3.8, 4) is 0 Å². The van der Waals surface area contributed by atoms with Crippen LogP contribution in [0.5, 0.6) is 0 Å². The van der Waals surface area contributed by atoms with Crippen LogP contribution < -0.4 is 5.32 Å². The normalized spacial score (nSPS) is 19.2. The fraction of sp³-hybridized carbons (Fsp3) is 0.900. The maximum Gasteiger partial charge on any atom is 0.322 e. The van der Waals surface area contributed by atoms with Gasteiger partial charge in [-0.25, -0.2) is 0 Å². The number of rotatable bonds is 5. The molecule has 1 aliphatic rings. The highest BCUT2D eigenvalue weighted by Crippen LogP contribution is 2.30. The van der Waals surface area contributed by atoms with Crippen molar-refractivity contribution in [2.75, 3.05) is 13.7 Å². The first-order valence-electron chi connectivity index (χ1n) is 5.09. The van der Waals surface area contributed by atoms with E-state index in [1.807, 2.05) is 6.92 Å². The SMILES string of the molecule is CCNC(CC1CCC1)C(=O)OC. The molecule has 0 radical (unpaired) electrons. The molecule has 13 heavy (non-hydrogen) atoms. The highest BCUT2D eigenvalue weighted by Gasteiger charge is 2.26. The number of nitrogens with one attached hydrogen (secondary N) is 1. The van der Waals surface area contributed by atoms with Crippen molar-refractivity contribution in [1.29, 1.82) is 0 Å². The summed E-state index contributed by atoms with van der Waals surface area (Å²) in [6.07, 6.45) is 4.82. The highest BCUT2D eigenvalue weighted by atomic mass is 16.5. The average Bonchev–Trinajstić information content (AvgIpc) is 2.07. The molecule has 0 aromatic carbocycles. The summed E-state index contributed by atoms with van der Waals surface area (Å²) in [6.45, 7) is 2.84. The quantitative estimate of drug-likeness (QED) is 0.657. The number of carbonyl (C=O) groups is 1. The van der Waals surface area contributed by atoms with Gasteiger partial charge in [0.1, 0.15) is 6.04 Å². The Balaban J connectivity index is 2.31. The van der Waals surface area contributed by atoms with Crippen LogP contribution >= 0.6 is 0 Å². The summed E-state index contributed by atoms with van der Waals surface area (Å²) >= 11 is 0. The fourth-order valence-corrected chi connectivity index (χ4v) is 1.71. The van der Waals surface area contributed by atoms with Gasteiger partial charge in [0, 0.05) is 0 Å². The zero-order valence-corrected chi connectivity index (χ0v) is 8.51. The number of esters is 1. The largest absolute Gasteiger partial charge is 0.468 e. The highest BCUT2D eigenvalue weighted by molar-refractivity contribution is 5.75. The van der Waals surface area contributed by atoms with Crippen LogP contribution in [0.15, 0.2) is 0 Å². The zero-order chi connectivity index (χ0) is 9.68. The Kier molecular flexibility index (Phi) is 4.22. The van der Waals surface area contributed by atoms with Crippen molar-refractivity contribution in [2.45, 2.75) is 38.6 Å². The maximum absolute atomic E-state index is 11.3. The molecule has 1 aliphatic carbocycles. The minimum Gasteiger partial charge on any atom is -0.468 e. The van der Waals surface area contributed by atoms with Gasteiger partial charge in [-0.1, -0.05) is 26.2 Å². The van der Waals surface area contributed by atoms with Gasteiger partial charge in [-0.05, 0) is 18.9 Å². The van der Waals surface area contributed by atoms with Crippen LogP contribution in [-0.4, -0.2) is 25.7 Å². The van der Waals surface area contributed by atoms with E-state index in [0.29, 0.717) is 0 Å². The van der Waals surface area contributed by atoms with Gasteiger partial charge in [0.05, 0.1) is 7.11 Å². The number of carbonyl (C=O) groups excluding carboxylic acids is 1. The number of ether oxygens (including phenoxy) is 1. The van der Waals surface area contributed by atoms with Crippen molar-refractivity contribution in [1.82, 2.24) is 5.32 Å². The van der Waals surface area contributed by atoms with Crippen LogP contribution in [0.1, 0.15) is 32.6 Å². The van der Waals surface area contributed by atoms with Gasteiger partial charge in [0.2, 0.25) is 0 Å². The molecule has 0 aliphatic heterocycles. The Morgan fingerprint density at radius 2 is 2.31 bits per heavy atom. The third-order valence-electron chi connectivity index (χ3n) is 2.73. The van der Waals surface area contributed by atoms with E-state index in [1.54, 1.807) is 0 Å². The molecule has 1 N–H and O–H groups in total. The van der Waals surface area contributed by atoms with E-state index >= 15 is 0 Å². The second kappa shape index (κ2) is 5.22. The third kappa shape index (κ3) is 2.99. The van der Waals surface area contributed by atoms with Crippen molar-refractivity contribution in [2.24, 2.45) is 5.92 Å². The molecule has 1 fully saturated rings. The molecule has 1 rings (SSSR count). The summed E-state index contributed by atoms with van der Waals surface area (Å²) in [6, 6.07) is -0.0831. The van der Waals surface area contributed by atoms with E-state index < -0.39 is 0 Å². The number of hydrogen-bond donors (Lipinski definition) is 1. The Morgan fingerprint density at radius 1 is 1.62 bits per heavy atom. The van der Waals surface area contributed by atoms with Gasteiger partial charge in [-0.2, -0.15) is 0 Å². The summed E-state index contributed by atoms with van der Waals surface area (Å²) in [5.74, 6) is 0.622. The van der Waals surface area contributed by atoms with Crippen LogP contribution in [-0.2, 0) is 9.53 Å². The van der Waals surface area contributed by atoms with Crippen molar-refractivity contribution >= 4 is 5.97 Å². The average molecular weight is 185 g/mol. The van der Waals surface area contributed by atoms with Gasteiger partial charge >= 0.3 is 5.97 Å². The molecule has 3 nitrogen and oxygen atoms in total. The van der Waals surface area contributed by atoms with Crippen LogP contribution in [0.25, 0.3) is 0 Å². The maximum atomic E-state index is 11.3. The number of methoxy groups -OCH3 is 1. The minimum absolute atomic E-state index is 0.0831. The molecular weight excluding hydrogens is 166 g/mol. The molecular formula is C10H19NO2. The number of hydrogen-bond acceptors (Lipinski definition) is 3. The zero-order valence-electron chi connectivity index (χ0n) is 8.51. The van der Waals surface area contributed by atoms with Gasteiger partial charge < -0.3 is 10.1 Å². The Hall–Kier alpha value is -0.570. The van der Waals surface area contributed by atoms with Gasteiger partial charge in [0.15, 0.2) is 0 Å². The molecule has 0 heterocycles. The predicted octanol–water partition coefficient (Wildman–Crippen LogP) is 1.33. The molecule has 1 unspecified atom stereocenters. The summed E-state index contributed by atoms with van der Waals surface area (Å²) in [5, 5.41) is 3.16. The lowest BCUT2D eigenvalue weighted by Gasteiger charge is -2.28. The van der Waals surface area contributed by atoms with E-state index in [-0.39, 0.29) is 12.0 Å². The summed E-state index contributed by atoms with van der Waals surface area (Å²) in [7, 11) is 1.45. The van der Waals surface area contributed by atoms with Crippen LogP contribution in [0.3, 0.4) is 0 Å². The Labute approximate surface area is 79.8 Å². The molecule has 0 aromatic rings. The molecule has 0 aromatic heterocycles. The van der Waals surface area contributed by atoms with Crippen LogP contribution in [0.2, 0.25) is 0 Å². The minimum atomic E-state index is -0.117. The van der Waals surface area contributed by atoms with Crippen LogP contribution in [0, 0.1) is 5.92 Å². The van der Waals surface area contributed by atoms with E-state index in [4.69, 9.17) is 4.74 Å². The molecule has 0 amide bonds. The molecule has 0 saturated heterocycles. The first-order chi connectivity index (χ1) is 6.27. The van der Waals surface area contributed by atoms with Crippen molar-refractivity contribution in [3.63, 3.8) is 0 Å². The van der Waals surface area contributed by atoms with Gasteiger partial charge in [-0.15, -0.1) is 0 Å². The van der Waals surface area contributed by atoms with E-state index in [1.165, 1.54) is 26.4 Å². The second-order valence-corrected chi connectivity index (χ2v) is 3.67.